The van der Waals surface area contributed by atoms with Crippen LogP contribution in [0.25, 0.3) is 0 Å². The van der Waals surface area contributed by atoms with Gasteiger partial charge in [0.15, 0.2) is 11.8 Å². The van der Waals surface area contributed by atoms with E-state index in [1.54, 1.807) is 0 Å². The summed E-state index contributed by atoms with van der Waals surface area (Å²) in [5.41, 5.74) is 1.25. The lowest BCUT2D eigenvalue weighted by Crippen LogP contribution is -2.46. The highest BCUT2D eigenvalue weighted by Gasteiger charge is 2.29. The summed E-state index contributed by atoms with van der Waals surface area (Å²) in [6, 6.07) is 8.45. The molecule has 0 radical (unpaired) electrons. The Labute approximate surface area is 190 Å². The molecular weight excluding hydrogens is 406 g/mol. The fourth-order valence-electron chi connectivity index (χ4n) is 4.14. The second-order valence-electron chi connectivity index (χ2n) is 8.51. The van der Waals surface area contributed by atoms with Gasteiger partial charge in [0.1, 0.15) is 18.1 Å². The van der Waals surface area contributed by atoms with Gasteiger partial charge in [-0.15, -0.1) is 10.2 Å². The number of hydrogen-bond acceptors (Lipinski definition) is 6. The summed E-state index contributed by atoms with van der Waals surface area (Å²) in [5, 5.41) is 15.5. The first-order valence-electron chi connectivity index (χ1n) is 11.5. The van der Waals surface area contributed by atoms with Crippen molar-refractivity contribution in [2.24, 2.45) is 12.0 Å². The molecule has 0 spiro atoms. The van der Waals surface area contributed by atoms with Crippen LogP contribution in [0.4, 0.5) is 0 Å². The first-order valence-corrected chi connectivity index (χ1v) is 11.5. The molecule has 174 valence electrons. The van der Waals surface area contributed by atoms with E-state index in [-0.39, 0.29) is 12.0 Å². The molecule has 0 saturated carbocycles. The fourth-order valence-corrected chi connectivity index (χ4v) is 4.14. The average Bonchev–Trinajstić information content (AvgIpc) is 3.39. The lowest BCUT2D eigenvalue weighted by molar-refractivity contribution is 0.0376. The zero-order chi connectivity index (χ0) is 22.3. The molecule has 32 heavy (non-hydrogen) atoms. The molecule has 9 nitrogen and oxygen atoms in total. The number of para-hydroxylation sites is 1. The first kappa shape index (κ1) is 22.5. The van der Waals surface area contributed by atoms with Crippen LogP contribution in [0.5, 0.6) is 5.75 Å². The van der Waals surface area contributed by atoms with Gasteiger partial charge in [-0.3, -0.25) is 4.90 Å². The number of benzene rings is 1. The molecular formula is C23H35N7O2. The quantitative estimate of drug-likeness (QED) is 0.364. The summed E-state index contributed by atoms with van der Waals surface area (Å²) in [7, 11) is 1.97. The molecule has 3 heterocycles. The Bertz CT molecular complexity index is 907. The number of nitrogens with zero attached hydrogens (tertiary/aromatic N) is 5. The van der Waals surface area contributed by atoms with Gasteiger partial charge >= 0.3 is 0 Å². The molecule has 0 amide bonds. The smallest absolute Gasteiger partial charge is 0.191 e. The van der Waals surface area contributed by atoms with Crippen LogP contribution < -0.4 is 15.4 Å². The van der Waals surface area contributed by atoms with Crippen molar-refractivity contribution in [3.8, 4) is 5.75 Å². The number of rotatable bonds is 8. The Morgan fingerprint density at radius 3 is 2.84 bits per heavy atom. The molecule has 1 aromatic carbocycles. The maximum Gasteiger partial charge on any atom is 0.191 e. The molecule has 2 N–H and O–H groups in total. The predicted molar refractivity (Wildman–Crippen MR) is 124 cm³/mol. The normalized spacial score (nSPS) is 20.0. The van der Waals surface area contributed by atoms with Crippen LogP contribution in [0.15, 0.2) is 29.3 Å². The summed E-state index contributed by atoms with van der Waals surface area (Å²) >= 11 is 0. The van der Waals surface area contributed by atoms with Crippen molar-refractivity contribution in [2.45, 2.75) is 38.8 Å². The van der Waals surface area contributed by atoms with Crippen LogP contribution in [0.3, 0.4) is 0 Å². The molecule has 1 fully saturated rings. The zero-order valence-corrected chi connectivity index (χ0v) is 19.4. The van der Waals surface area contributed by atoms with Gasteiger partial charge in [0.05, 0.1) is 19.8 Å². The topological polar surface area (TPSA) is 88.8 Å². The Kier molecular flexibility index (Phi) is 7.59. The first-order chi connectivity index (χ1) is 15.6. The second-order valence-corrected chi connectivity index (χ2v) is 8.51. The maximum atomic E-state index is 5.89. The summed E-state index contributed by atoms with van der Waals surface area (Å²) in [5.74, 6) is 3.79. The standard InChI is InChI=1S/C23H35N7O2/c1-17(20-16-32-21-8-5-4-7-19(20)21)26-23(25-15-22-28-27-18(2)29(22)3)24-9-6-10-30-11-13-31-14-12-30/h4-5,7-8,17,20H,6,9-16H2,1-3H3,(H2,24,25,26). The summed E-state index contributed by atoms with van der Waals surface area (Å²) < 4.78 is 13.3. The monoisotopic (exact) mass is 441 g/mol. The van der Waals surface area contributed by atoms with Gasteiger partial charge in [0.25, 0.3) is 0 Å². The number of morpholine rings is 1. The van der Waals surface area contributed by atoms with Crippen LogP contribution in [-0.4, -0.2) is 77.7 Å². The highest BCUT2D eigenvalue weighted by atomic mass is 16.5. The Balaban J connectivity index is 1.37. The van der Waals surface area contributed by atoms with Gasteiger partial charge in [0.2, 0.25) is 0 Å². The molecule has 9 heteroatoms. The van der Waals surface area contributed by atoms with Crippen molar-refractivity contribution >= 4 is 5.96 Å². The van der Waals surface area contributed by atoms with Crippen molar-refractivity contribution in [3.05, 3.63) is 41.5 Å². The summed E-state index contributed by atoms with van der Waals surface area (Å²) in [6.45, 7) is 10.9. The van der Waals surface area contributed by atoms with Crippen molar-refractivity contribution < 1.29 is 9.47 Å². The van der Waals surface area contributed by atoms with E-state index < -0.39 is 0 Å². The molecule has 1 aromatic heterocycles. The van der Waals surface area contributed by atoms with E-state index in [4.69, 9.17) is 14.5 Å². The van der Waals surface area contributed by atoms with E-state index in [2.05, 4.69) is 44.8 Å². The Hall–Kier alpha value is -2.65. The highest BCUT2D eigenvalue weighted by Crippen LogP contribution is 2.35. The minimum Gasteiger partial charge on any atom is -0.493 e. The number of hydrogen-bond donors (Lipinski definition) is 2. The van der Waals surface area contributed by atoms with Crippen molar-refractivity contribution in [1.82, 2.24) is 30.3 Å². The number of fused-ring (bicyclic) bond motifs is 1. The maximum absolute atomic E-state index is 5.89. The largest absolute Gasteiger partial charge is 0.493 e. The van der Waals surface area contributed by atoms with Gasteiger partial charge in [-0.25, -0.2) is 4.99 Å². The van der Waals surface area contributed by atoms with Gasteiger partial charge < -0.3 is 24.7 Å². The lowest BCUT2D eigenvalue weighted by atomic mass is 9.94. The van der Waals surface area contributed by atoms with Crippen LogP contribution in [-0.2, 0) is 18.3 Å². The lowest BCUT2D eigenvalue weighted by Gasteiger charge is -2.27. The number of aryl methyl sites for hydroxylation is 1. The van der Waals surface area contributed by atoms with Gasteiger partial charge in [0, 0.05) is 44.2 Å². The van der Waals surface area contributed by atoms with Crippen molar-refractivity contribution in [1.29, 1.82) is 0 Å². The average molecular weight is 442 g/mol. The van der Waals surface area contributed by atoms with Gasteiger partial charge in [-0.1, -0.05) is 18.2 Å². The molecule has 2 aliphatic rings. The Morgan fingerprint density at radius 2 is 2.06 bits per heavy atom. The highest BCUT2D eigenvalue weighted by molar-refractivity contribution is 5.80. The number of nitrogens with one attached hydrogen (secondary N) is 2. The molecule has 4 rings (SSSR count). The van der Waals surface area contributed by atoms with E-state index in [9.17, 15) is 0 Å². The molecule has 2 atom stereocenters. The molecule has 0 aliphatic carbocycles. The summed E-state index contributed by atoms with van der Waals surface area (Å²) in [4.78, 5) is 7.27. The minimum absolute atomic E-state index is 0.172. The summed E-state index contributed by atoms with van der Waals surface area (Å²) in [6.07, 6.45) is 1.05. The van der Waals surface area contributed by atoms with Crippen LogP contribution >= 0.6 is 0 Å². The van der Waals surface area contributed by atoms with E-state index in [1.807, 2.05) is 30.7 Å². The molecule has 2 unspecified atom stereocenters. The molecule has 0 bridgehead atoms. The van der Waals surface area contributed by atoms with E-state index >= 15 is 0 Å². The second kappa shape index (κ2) is 10.8. The Morgan fingerprint density at radius 1 is 1.25 bits per heavy atom. The van der Waals surface area contributed by atoms with E-state index in [0.29, 0.717) is 13.2 Å². The predicted octanol–water partition coefficient (Wildman–Crippen LogP) is 1.45. The molecule has 2 aromatic rings. The minimum atomic E-state index is 0.172. The van der Waals surface area contributed by atoms with E-state index in [0.717, 1.165) is 69.2 Å². The third-order valence-corrected chi connectivity index (χ3v) is 6.31. The van der Waals surface area contributed by atoms with Crippen LogP contribution in [0.2, 0.25) is 0 Å². The third kappa shape index (κ3) is 5.58. The number of ether oxygens (including phenoxy) is 2. The SMILES string of the molecule is Cc1nnc(CN=C(NCCCN2CCOCC2)NC(C)C2COc3ccccc32)n1C. The number of aliphatic imine (C=N–C) groups is 1. The number of guanidine groups is 1. The molecule has 2 aliphatic heterocycles. The zero-order valence-electron chi connectivity index (χ0n) is 19.4. The van der Waals surface area contributed by atoms with Crippen molar-refractivity contribution in [3.63, 3.8) is 0 Å². The fraction of sp³-hybridized carbons (Fsp3) is 0.609. The molecule has 1 saturated heterocycles. The van der Waals surface area contributed by atoms with Crippen LogP contribution in [0.1, 0.15) is 36.5 Å². The van der Waals surface area contributed by atoms with E-state index in [1.165, 1.54) is 5.56 Å². The van der Waals surface area contributed by atoms with Gasteiger partial charge in [-0.2, -0.15) is 0 Å². The van der Waals surface area contributed by atoms with Crippen molar-refractivity contribution in [2.75, 3.05) is 46.0 Å². The van der Waals surface area contributed by atoms with Crippen LogP contribution in [0, 0.1) is 6.92 Å². The number of aromatic nitrogens is 3. The van der Waals surface area contributed by atoms with Gasteiger partial charge in [-0.05, 0) is 32.9 Å². The third-order valence-electron chi connectivity index (χ3n) is 6.31.